The van der Waals surface area contributed by atoms with Gasteiger partial charge in [-0.25, -0.2) is 9.78 Å². The van der Waals surface area contributed by atoms with Crippen LogP contribution < -0.4 is 0 Å². The highest BCUT2D eigenvalue weighted by Crippen LogP contribution is 2.32. The first kappa shape index (κ1) is 44.4. The van der Waals surface area contributed by atoms with Gasteiger partial charge in [-0.15, -0.1) is 11.3 Å². The minimum absolute atomic E-state index is 0.355. The Morgan fingerprint density at radius 1 is 1.10 bits per heavy atom. The smallest absolute Gasteiger partial charge is 0.460 e. The van der Waals surface area contributed by atoms with Crippen LogP contribution in [0.4, 0.5) is 4.79 Å². The molecule has 0 fully saturated rings. The number of alkyl halides is 3. The number of Topliss-reactive ketones (excluding diaryl/α,β-unsaturated/α-hetero) is 2. The number of ketones is 2. The number of carbonyl (C=O) groups excluding carboxylic acids is 4. The molecule has 11 nitrogen and oxygen atoms in total. The predicted octanol–water partition coefficient (Wildman–Crippen LogP) is 10.1. The Balaban J connectivity index is 3.05. The lowest BCUT2D eigenvalue weighted by atomic mass is 9.73. The predicted molar refractivity (Wildman–Crippen MR) is 195 cm³/mol. The number of hydrogen-bond donors (Lipinski definition) is 0. The van der Waals surface area contributed by atoms with Crippen molar-refractivity contribution in [3.05, 3.63) is 43.7 Å². The second-order valence-corrected chi connectivity index (χ2v) is 17.3. The van der Waals surface area contributed by atoms with Crippen LogP contribution in [0.2, 0.25) is 0 Å². The van der Waals surface area contributed by atoms with E-state index in [1.165, 1.54) is 13.8 Å². The monoisotopic (exact) mass is 762 g/mol. The third-order valence-electron chi connectivity index (χ3n) is 7.74. The van der Waals surface area contributed by atoms with Crippen molar-refractivity contribution in [3.63, 3.8) is 0 Å². The summed E-state index contributed by atoms with van der Waals surface area (Å²) in [4.78, 5) is 59.3. The summed E-state index contributed by atoms with van der Waals surface area (Å²) < 4.78 is 14.0. The number of ether oxygens (including phenoxy) is 3. The molecule has 49 heavy (non-hydrogen) atoms. The van der Waals surface area contributed by atoms with Gasteiger partial charge in [-0.2, -0.15) is 0 Å². The van der Waals surface area contributed by atoms with Crippen molar-refractivity contribution < 1.29 is 33.4 Å². The third kappa shape index (κ3) is 16.8. The number of aromatic nitrogens is 1. The van der Waals surface area contributed by atoms with Gasteiger partial charge in [-0.1, -0.05) is 71.0 Å². The summed E-state index contributed by atoms with van der Waals surface area (Å²) in [5, 5.41) is 6.86. The highest BCUT2D eigenvalue weighted by Gasteiger charge is 2.44. The summed E-state index contributed by atoms with van der Waals surface area (Å²) >= 11 is 18.7. The fourth-order valence-corrected chi connectivity index (χ4v) is 5.76. The average molecular weight is 764 g/mol. The molecule has 15 heteroatoms. The van der Waals surface area contributed by atoms with E-state index < -0.39 is 63.5 Å². The van der Waals surface area contributed by atoms with E-state index in [9.17, 15) is 19.2 Å². The molecule has 0 unspecified atom stereocenters. The number of halogens is 3. The van der Waals surface area contributed by atoms with Gasteiger partial charge in [-0.3, -0.25) is 14.4 Å². The topological polar surface area (TPSA) is 158 Å². The van der Waals surface area contributed by atoms with E-state index in [1.807, 2.05) is 45.2 Å². The number of nitrogens with zero attached hydrogens (tertiary/aromatic N) is 4. The van der Waals surface area contributed by atoms with E-state index in [1.54, 1.807) is 39.0 Å². The summed E-state index contributed by atoms with van der Waals surface area (Å²) in [5.41, 5.74) is 9.54. The third-order valence-corrected chi connectivity index (χ3v) is 8.86. The Hall–Kier alpha value is -2.63. The molecule has 274 valence electrons. The summed E-state index contributed by atoms with van der Waals surface area (Å²) in [6, 6.07) is -0.370. The summed E-state index contributed by atoms with van der Waals surface area (Å²) in [7, 11) is 0. The molecule has 0 radical (unpaired) electrons. The number of thiazole rings is 1. The van der Waals surface area contributed by atoms with Gasteiger partial charge in [0.1, 0.15) is 24.7 Å². The van der Waals surface area contributed by atoms with E-state index in [-0.39, 0.29) is 12.0 Å². The normalized spacial score (nSPS) is 15.4. The molecule has 0 amide bonds. The highest BCUT2D eigenvalue weighted by atomic mass is 35.6. The lowest BCUT2D eigenvalue weighted by Crippen LogP contribution is -2.45. The van der Waals surface area contributed by atoms with Crippen LogP contribution in [-0.2, 0) is 28.6 Å². The van der Waals surface area contributed by atoms with Gasteiger partial charge in [0, 0.05) is 10.3 Å². The van der Waals surface area contributed by atoms with Gasteiger partial charge in [0.25, 0.3) is 0 Å². The van der Waals surface area contributed by atoms with Crippen LogP contribution in [0.5, 0.6) is 0 Å². The molecule has 0 aliphatic rings. The second-order valence-electron chi connectivity index (χ2n) is 13.8. The number of rotatable bonds is 18. The Kier molecular flexibility index (Phi) is 17.8. The zero-order valence-electron chi connectivity index (χ0n) is 30.0. The largest absolute Gasteiger partial charge is 0.508 e. The standard InChI is InChI=1S/C34H49Cl3N4O7S/c1-20(14-15-26(40-41-38)22(3)16-25-18-49-24(5)39-25)12-11-13-21(2)29(47-31(45)46-19-34(35,36)37)23(4)30(44)33(9,10)27(42)17-28(43)48-32(6,7)8/h14,16,18,21,23,26,29H,11-13,15,17,19H2,1-10H3/b20-14-,22-16+/t21-,23+,26-,29-/m0/s1. The maximum Gasteiger partial charge on any atom is 0.508 e. The van der Waals surface area contributed by atoms with Gasteiger partial charge >= 0.3 is 12.1 Å². The van der Waals surface area contributed by atoms with Crippen LogP contribution in [-0.4, -0.2) is 56.8 Å². The number of esters is 1. The maximum absolute atomic E-state index is 13.8. The molecule has 0 bridgehead atoms. The zero-order chi connectivity index (χ0) is 37.7. The first-order chi connectivity index (χ1) is 22.5. The number of azide groups is 1. The Morgan fingerprint density at radius 3 is 2.27 bits per heavy atom. The lowest BCUT2D eigenvalue weighted by Gasteiger charge is -2.33. The lowest BCUT2D eigenvalue weighted by molar-refractivity contribution is -0.158. The minimum Gasteiger partial charge on any atom is -0.460 e. The molecule has 4 atom stereocenters. The highest BCUT2D eigenvalue weighted by molar-refractivity contribution is 7.09. The van der Waals surface area contributed by atoms with E-state index in [2.05, 4.69) is 15.0 Å². The fourth-order valence-electron chi connectivity index (χ4n) is 5.03. The average Bonchev–Trinajstić information content (AvgIpc) is 3.38. The molecule has 0 aliphatic carbocycles. The fraction of sp³-hybridized carbons (Fsp3) is 0.676. The summed E-state index contributed by atoms with van der Waals surface area (Å²) in [6.07, 6.45) is 3.65. The van der Waals surface area contributed by atoms with Crippen LogP contribution in [0.15, 0.2) is 27.7 Å². The molecule has 0 N–H and O–H groups in total. The first-order valence-corrected chi connectivity index (χ1v) is 18.0. The zero-order valence-corrected chi connectivity index (χ0v) is 33.1. The van der Waals surface area contributed by atoms with E-state index in [4.69, 9.17) is 54.5 Å². The van der Waals surface area contributed by atoms with Crippen LogP contribution in [0.1, 0.15) is 105 Å². The number of carbonyl (C=O) groups is 4. The van der Waals surface area contributed by atoms with Crippen molar-refractivity contribution >= 4 is 75.9 Å². The molecule has 0 aromatic carbocycles. The van der Waals surface area contributed by atoms with Crippen molar-refractivity contribution in [1.29, 1.82) is 0 Å². The molecule has 1 rings (SSSR count). The van der Waals surface area contributed by atoms with Crippen molar-refractivity contribution in [2.75, 3.05) is 6.61 Å². The van der Waals surface area contributed by atoms with Crippen LogP contribution in [0.3, 0.4) is 0 Å². The number of aryl methyl sites for hydroxylation is 1. The summed E-state index contributed by atoms with van der Waals surface area (Å²) in [6.45, 7) is 16.6. The molecule has 0 saturated heterocycles. The van der Waals surface area contributed by atoms with Gasteiger partial charge in [-0.05, 0) is 98.6 Å². The molecule has 0 aliphatic heterocycles. The first-order valence-electron chi connectivity index (χ1n) is 16.0. The van der Waals surface area contributed by atoms with Gasteiger partial charge < -0.3 is 14.2 Å². The quantitative estimate of drug-likeness (QED) is 0.0272. The Morgan fingerprint density at radius 2 is 1.73 bits per heavy atom. The molecule has 0 spiro atoms. The van der Waals surface area contributed by atoms with Gasteiger partial charge in [0.05, 0.1) is 28.1 Å². The molecule has 0 saturated carbocycles. The number of allylic oxidation sites excluding steroid dienone is 1. The van der Waals surface area contributed by atoms with E-state index in [0.717, 1.165) is 21.8 Å². The van der Waals surface area contributed by atoms with Crippen LogP contribution >= 0.6 is 46.1 Å². The minimum atomic E-state index is -1.87. The second kappa shape index (κ2) is 19.7. The van der Waals surface area contributed by atoms with Crippen LogP contribution in [0, 0.1) is 24.2 Å². The molecular formula is C34H49Cl3N4O7S. The van der Waals surface area contributed by atoms with Crippen molar-refractivity contribution in [3.8, 4) is 0 Å². The Bertz CT molecular complexity index is 1420. The number of hydrogen-bond acceptors (Lipinski definition) is 10. The van der Waals surface area contributed by atoms with E-state index >= 15 is 0 Å². The SMILES string of the molecule is C/C(=C/C[C@H](N=[N+]=[N-])/C(C)=C/c1csc(C)n1)CCC[C@H](C)[C@H](OC(=O)OCC(Cl)(Cl)Cl)[C@@H](C)C(=O)C(C)(C)C(=O)CC(=O)OC(C)(C)C. The van der Waals surface area contributed by atoms with Crippen molar-refractivity contribution in [1.82, 2.24) is 4.98 Å². The molecule has 1 heterocycles. The van der Waals surface area contributed by atoms with Gasteiger partial charge in [0.15, 0.2) is 11.6 Å². The van der Waals surface area contributed by atoms with E-state index in [0.29, 0.717) is 25.7 Å². The van der Waals surface area contributed by atoms with Crippen molar-refractivity contribution in [2.24, 2.45) is 22.4 Å². The van der Waals surface area contributed by atoms with Crippen LogP contribution in [0.25, 0.3) is 16.5 Å². The molecule has 1 aromatic rings. The van der Waals surface area contributed by atoms with Crippen molar-refractivity contribution in [2.45, 2.75) is 123 Å². The maximum atomic E-state index is 13.8. The Labute approximate surface area is 308 Å². The summed E-state index contributed by atoms with van der Waals surface area (Å²) in [5.74, 6) is -3.17. The molecular weight excluding hydrogens is 715 g/mol. The molecule has 1 aromatic heterocycles. The van der Waals surface area contributed by atoms with Gasteiger partial charge in [0.2, 0.25) is 3.79 Å².